The van der Waals surface area contributed by atoms with Gasteiger partial charge in [0.2, 0.25) is 10.0 Å². The van der Waals surface area contributed by atoms with Gasteiger partial charge < -0.3 is 10.5 Å². The Morgan fingerprint density at radius 1 is 1.25 bits per heavy atom. The molecule has 1 aromatic carbocycles. The minimum atomic E-state index is -3.62. The van der Waals surface area contributed by atoms with Gasteiger partial charge in [-0.2, -0.15) is 4.31 Å². The average molecular weight is 380 g/mol. The number of non-ortho nitro benzene ring substituents is 1. The third-order valence-corrected chi connectivity index (χ3v) is 5.70. The number of benzene rings is 1. The topological polar surface area (TPSA) is 116 Å². The molecule has 0 bridgehead atoms. The molecule has 2 N–H and O–H groups in total. The first-order chi connectivity index (χ1) is 10.9. The van der Waals surface area contributed by atoms with E-state index in [2.05, 4.69) is 0 Å². The number of halogens is 1. The van der Waals surface area contributed by atoms with Gasteiger partial charge in [-0.1, -0.05) is 0 Å². The second-order valence-electron chi connectivity index (χ2n) is 5.37. The average Bonchev–Trinajstić information content (AvgIpc) is 2.55. The van der Waals surface area contributed by atoms with Gasteiger partial charge in [0.1, 0.15) is 0 Å². The summed E-state index contributed by atoms with van der Waals surface area (Å²) in [7, 11) is -3.62. The molecule has 2 rings (SSSR count). The summed E-state index contributed by atoms with van der Waals surface area (Å²) in [5, 5.41) is 10.6. The van der Waals surface area contributed by atoms with Crippen LogP contribution < -0.4 is 5.73 Å². The Morgan fingerprint density at radius 2 is 1.83 bits per heavy atom. The van der Waals surface area contributed by atoms with Crippen LogP contribution in [0.5, 0.6) is 0 Å². The molecule has 1 aliphatic heterocycles. The molecule has 24 heavy (non-hydrogen) atoms. The van der Waals surface area contributed by atoms with Gasteiger partial charge in [0.15, 0.2) is 0 Å². The van der Waals surface area contributed by atoms with E-state index in [9.17, 15) is 18.5 Å². The molecule has 0 atom stereocenters. The number of hydrogen-bond donors (Lipinski definition) is 1. The summed E-state index contributed by atoms with van der Waals surface area (Å²) in [4.78, 5) is 10.2. The van der Waals surface area contributed by atoms with E-state index in [-0.39, 0.29) is 29.1 Å². The molecular formula is C14H22ClN3O5S. The molecule has 8 nitrogen and oxygen atoms in total. The number of sulfonamides is 1. The second kappa shape index (κ2) is 9.28. The molecule has 136 valence electrons. The number of nitro groups is 1. The zero-order chi connectivity index (χ0) is 16.9. The summed E-state index contributed by atoms with van der Waals surface area (Å²) in [5.74, 6) is 0. The minimum absolute atomic E-state index is 0. The van der Waals surface area contributed by atoms with Gasteiger partial charge in [-0.05, 0) is 37.9 Å². The maximum Gasteiger partial charge on any atom is 0.269 e. The van der Waals surface area contributed by atoms with Gasteiger partial charge in [-0.3, -0.25) is 10.1 Å². The van der Waals surface area contributed by atoms with E-state index < -0.39 is 14.9 Å². The fourth-order valence-electron chi connectivity index (χ4n) is 2.46. The second-order valence-corrected chi connectivity index (χ2v) is 7.31. The lowest BCUT2D eigenvalue weighted by Crippen LogP contribution is -2.40. The highest BCUT2D eigenvalue weighted by Crippen LogP contribution is 2.23. The summed E-state index contributed by atoms with van der Waals surface area (Å²) in [6, 6.07) is 4.96. The van der Waals surface area contributed by atoms with E-state index in [1.165, 1.54) is 28.6 Å². The molecular weight excluding hydrogens is 358 g/mol. The minimum Gasteiger partial charge on any atom is -0.378 e. The Bertz CT molecular complexity index is 630. The SMILES string of the molecule is Cl.NCCCOC1CCN(S(=O)(=O)c2ccc([N+](=O)[O-])cc2)CC1. The maximum absolute atomic E-state index is 12.5. The number of ether oxygens (including phenoxy) is 1. The number of nitrogens with two attached hydrogens (primary N) is 1. The van der Waals surface area contributed by atoms with Crippen LogP contribution in [0.1, 0.15) is 19.3 Å². The van der Waals surface area contributed by atoms with Crippen molar-refractivity contribution in [2.45, 2.75) is 30.3 Å². The van der Waals surface area contributed by atoms with Crippen LogP contribution in [0.15, 0.2) is 29.2 Å². The van der Waals surface area contributed by atoms with E-state index in [0.717, 1.165) is 6.42 Å². The highest BCUT2D eigenvalue weighted by atomic mass is 35.5. The van der Waals surface area contributed by atoms with Gasteiger partial charge >= 0.3 is 0 Å². The van der Waals surface area contributed by atoms with Gasteiger partial charge in [0.25, 0.3) is 5.69 Å². The molecule has 1 aromatic rings. The molecule has 10 heteroatoms. The zero-order valence-corrected chi connectivity index (χ0v) is 14.8. The number of hydrogen-bond acceptors (Lipinski definition) is 6. The Balaban J connectivity index is 0.00000288. The van der Waals surface area contributed by atoms with Crippen molar-refractivity contribution in [3.8, 4) is 0 Å². The lowest BCUT2D eigenvalue weighted by atomic mass is 10.1. The van der Waals surface area contributed by atoms with E-state index in [1.807, 2.05) is 0 Å². The number of piperidine rings is 1. The van der Waals surface area contributed by atoms with Crippen LogP contribution in [0, 0.1) is 10.1 Å². The predicted molar refractivity (Wildman–Crippen MR) is 91.7 cm³/mol. The molecule has 0 unspecified atom stereocenters. The first-order valence-electron chi connectivity index (χ1n) is 7.51. The largest absolute Gasteiger partial charge is 0.378 e. The molecule has 0 amide bonds. The predicted octanol–water partition coefficient (Wildman–Crippen LogP) is 1.54. The highest BCUT2D eigenvalue weighted by Gasteiger charge is 2.29. The number of nitro benzene ring substituents is 1. The standard InChI is InChI=1S/C14H21N3O5S.ClH/c15-8-1-11-22-13-6-9-16(10-7-13)23(20,21)14-4-2-12(3-5-14)17(18)19;/h2-5,13H,1,6-11,15H2;1H. The first kappa shape index (κ1) is 20.8. The quantitative estimate of drug-likeness (QED) is 0.436. The molecule has 1 heterocycles. The van der Waals surface area contributed by atoms with Crippen molar-refractivity contribution in [2.24, 2.45) is 5.73 Å². The van der Waals surface area contributed by atoms with Crippen LogP contribution in [-0.2, 0) is 14.8 Å². The Morgan fingerprint density at radius 3 is 2.33 bits per heavy atom. The number of rotatable bonds is 7. The maximum atomic E-state index is 12.5. The molecule has 0 spiro atoms. The Hall–Kier alpha value is -1.26. The van der Waals surface area contributed by atoms with Crippen molar-refractivity contribution in [1.29, 1.82) is 0 Å². The molecule has 0 aliphatic carbocycles. The highest BCUT2D eigenvalue weighted by molar-refractivity contribution is 7.89. The molecule has 0 aromatic heterocycles. The van der Waals surface area contributed by atoms with Crippen molar-refractivity contribution < 1.29 is 18.1 Å². The molecule has 1 saturated heterocycles. The fourth-order valence-corrected chi connectivity index (χ4v) is 3.93. The fraction of sp³-hybridized carbons (Fsp3) is 0.571. The van der Waals surface area contributed by atoms with Gasteiger partial charge in [0.05, 0.1) is 15.9 Å². The summed E-state index contributed by atoms with van der Waals surface area (Å²) in [6.45, 7) is 1.93. The molecule has 0 radical (unpaired) electrons. The van der Waals surface area contributed by atoms with Crippen LogP contribution in [0.3, 0.4) is 0 Å². The van der Waals surface area contributed by atoms with Crippen molar-refractivity contribution in [1.82, 2.24) is 4.31 Å². The monoisotopic (exact) mass is 379 g/mol. The van der Waals surface area contributed by atoms with Crippen LogP contribution in [0.2, 0.25) is 0 Å². The van der Waals surface area contributed by atoms with Crippen molar-refractivity contribution in [2.75, 3.05) is 26.2 Å². The van der Waals surface area contributed by atoms with Crippen LogP contribution in [-0.4, -0.2) is 50.0 Å². The van der Waals surface area contributed by atoms with Gasteiger partial charge in [-0.25, -0.2) is 8.42 Å². The van der Waals surface area contributed by atoms with Crippen LogP contribution >= 0.6 is 12.4 Å². The molecule has 0 saturated carbocycles. The Labute approximate surface area is 147 Å². The molecule has 1 fully saturated rings. The summed E-state index contributed by atoms with van der Waals surface area (Å²) >= 11 is 0. The third kappa shape index (κ3) is 5.12. The zero-order valence-electron chi connectivity index (χ0n) is 13.2. The van der Waals surface area contributed by atoms with Crippen molar-refractivity contribution >= 4 is 28.1 Å². The van der Waals surface area contributed by atoms with Gasteiger partial charge in [0, 0.05) is 31.8 Å². The summed E-state index contributed by atoms with van der Waals surface area (Å²) in [6.07, 6.45) is 2.12. The van der Waals surface area contributed by atoms with E-state index in [1.54, 1.807) is 0 Å². The lowest BCUT2D eigenvalue weighted by molar-refractivity contribution is -0.384. The number of nitrogens with zero attached hydrogens (tertiary/aromatic N) is 2. The molecule has 1 aliphatic rings. The lowest BCUT2D eigenvalue weighted by Gasteiger charge is -2.31. The normalized spacial score (nSPS) is 16.5. The first-order valence-corrected chi connectivity index (χ1v) is 8.95. The third-order valence-electron chi connectivity index (χ3n) is 3.79. The summed E-state index contributed by atoms with van der Waals surface area (Å²) < 4.78 is 32.1. The van der Waals surface area contributed by atoms with Crippen molar-refractivity contribution in [3.63, 3.8) is 0 Å². The van der Waals surface area contributed by atoms with Gasteiger partial charge in [-0.15, -0.1) is 12.4 Å². The van der Waals surface area contributed by atoms with Crippen LogP contribution in [0.25, 0.3) is 0 Å². The summed E-state index contributed by atoms with van der Waals surface area (Å²) in [5.41, 5.74) is 5.28. The smallest absolute Gasteiger partial charge is 0.269 e. The Kier molecular flexibility index (Phi) is 8.04. The van der Waals surface area contributed by atoms with E-state index in [0.29, 0.717) is 39.1 Å². The van der Waals surface area contributed by atoms with Crippen LogP contribution in [0.4, 0.5) is 5.69 Å². The van der Waals surface area contributed by atoms with E-state index >= 15 is 0 Å². The van der Waals surface area contributed by atoms with Crippen molar-refractivity contribution in [3.05, 3.63) is 34.4 Å². The van der Waals surface area contributed by atoms with E-state index in [4.69, 9.17) is 10.5 Å².